The van der Waals surface area contributed by atoms with Crippen molar-refractivity contribution in [2.45, 2.75) is 31.7 Å². The number of likely N-dealkylation sites (N-methyl/N-ethyl adjacent to an activating group) is 1. The van der Waals surface area contributed by atoms with Crippen molar-refractivity contribution >= 4 is 33.2 Å². The third kappa shape index (κ3) is 2.78. The van der Waals surface area contributed by atoms with Gasteiger partial charge in [0.15, 0.2) is 0 Å². The molecule has 0 aliphatic carbocycles. The van der Waals surface area contributed by atoms with Crippen LogP contribution in [0.3, 0.4) is 0 Å². The number of hydrogen-bond acceptors (Lipinski definition) is 3. The average molecular weight is 331 g/mol. The van der Waals surface area contributed by atoms with Gasteiger partial charge in [-0.25, -0.2) is 0 Å². The molecule has 0 saturated carbocycles. The van der Waals surface area contributed by atoms with Crippen molar-refractivity contribution in [3.63, 3.8) is 0 Å². The van der Waals surface area contributed by atoms with Crippen LogP contribution in [-0.4, -0.2) is 36.5 Å². The lowest BCUT2D eigenvalue weighted by Crippen LogP contribution is -2.57. The van der Waals surface area contributed by atoms with Crippen LogP contribution in [0.25, 0.3) is 0 Å². The minimum Gasteiger partial charge on any atom is -0.331 e. The summed E-state index contributed by atoms with van der Waals surface area (Å²) in [6.07, 6.45) is 3.39. The number of nitrogens with zero attached hydrogens (tertiary/aromatic N) is 1. The fourth-order valence-corrected chi connectivity index (χ4v) is 4.02. The molecule has 0 radical (unpaired) electrons. The maximum absolute atomic E-state index is 12.6. The van der Waals surface area contributed by atoms with E-state index in [0.29, 0.717) is 0 Å². The Balaban J connectivity index is 2.21. The van der Waals surface area contributed by atoms with E-state index < -0.39 is 0 Å². The molecule has 18 heavy (non-hydrogen) atoms. The summed E-state index contributed by atoms with van der Waals surface area (Å²) in [5.74, 6) is 0.170. The molecule has 1 fully saturated rings. The molecule has 0 spiro atoms. The lowest BCUT2D eigenvalue weighted by atomic mass is 9.88. The van der Waals surface area contributed by atoms with Crippen molar-refractivity contribution in [1.82, 2.24) is 10.2 Å². The second-order valence-corrected chi connectivity index (χ2v) is 6.90. The zero-order valence-corrected chi connectivity index (χ0v) is 13.2. The molecule has 2 rings (SSSR count). The second kappa shape index (κ2) is 5.72. The van der Waals surface area contributed by atoms with Crippen LogP contribution in [0.15, 0.2) is 15.9 Å². The van der Waals surface area contributed by atoms with E-state index >= 15 is 0 Å². The largest absolute Gasteiger partial charge is 0.331 e. The lowest BCUT2D eigenvalue weighted by Gasteiger charge is -2.44. The summed E-state index contributed by atoms with van der Waals surface area (Å²) in [4.78, 5) is 15.5. The number of hydrogen-bond donors (Lipinski definition) is 1. The first kappa shape index (κ1) is 14.0. The molecule has 1 amide bonds. The molecule has 1 aromatic heterocycles. The highest BCUT2D eigenvalue weighted by Crippen LogP contribution is 2.31. The van der Waals surface area contributed by atoms with Gasteiger partial charge in [-0.05, 0) is 55.2 Å². The van der Waals surface area contributed by atoms with Crippen molar-refractivity contribution in [2.24, 2.45) is 0 Å². The van der Waals surface area contributed by atoms with E-state index in [0.717, 1.165) is 35.3 Å². The van der Waals surface area contributed by atoms with E-state index in [9.17, 15) is 4.79 Å². The number of amides is 1. The first-order valence-corrected chi connectivity index (χ1v) is 7.95. The number of thiophene rings is 1. The second-order valence-electron chi connectivity index (χ2n) is 5.07. The summed E-state index contributed by atoms with van der Waals surface area (Å²) in [6, 6.07) is 1.92. The van der Waals surface area contributed by atoms with E-state index in [1.807, 2.05) is 23.4 Å². The molecule has 0 bridgehead atoms. The third-order valence-electron chi connectivity index (χ3n) is 3.58. The smallest absolute Gasteiger partial charge is 0.264 e. The summed E-state index contributed by atoms with van der Waals surface area (Å²) in [7, 11) is 1.95. The quantitative estimate of drug-likeness (QED) is 0.923. The molecule has 5 heteroatoms. The van der Waals surface area contributed by atoms with Gasteiger partial charge >= 0.3 is 0 Å². The summed E-state index contributed by atoms with van der Waals surface area (Å²) < 4.78 is 0.989. The number of piperidine rings is 1. The number of rotatable bonds is 3. The Kier molecular flexibility index (Phi) is 4.45. The monoisotopic (exact) mass is 330 g/mol. The number of halogens is 1. The topological polar surface area (TPSA) is 32.3 Å². The minimum absolute atomic E-state index is 0.0550. The van der Waals surface area contributed by atoms with Crippen LogP contribution in [0.4, 0.5) is 0 Å². The van der Waals surface area contributed by atoms with Crippen LogP contribution in [0.5, 0.6) is 0 Å². The van der Waals surface area contributed by atoms with Crippen LogP contribution in [0.2, 0.25) is 0 Å². The molecular formula is C13H19BrN2OS. The zero-order valence-electron chi connectivity index (χ0n) is 10.8. The number of nitrogens with one attached hydrogen (secondary N) is 1. The Morgan fingerprint density at radius 3 is 3.00 bits per heavy atom. The Morgan fingerprint density at radius 1 is 1.61 bits per heavy atom. The lowest BCUT2D eigenvalue weighted by molar-refractivity contribution is 0.0387. The van der Waals surface area contributed by atoms with Crippen LogP contribution in [-0.2, 0) is 0 Å². The van der Waals surface area contributed by atoms with Crippen molar-refractivity contribution < 1.29 is 4.79 Å². The van der Waals surface area contributed by atoms with Gasteiger partial charge in [-0.3, -0.25) is 4.79 Å². The Bertz CT molecular complexity index is 430. The Morgan fingerprint density at radius 2 is 2.39 bits per heavy atom. The van der Waals surface area contributed by atoms with E-state index in [-0.39, 0.29) is 11.4 Å². The minimum atomic E-state index is -0.0550. The summed E-state index contributed by atoms with van der Waals surface area (Å²) in [5.41, 5.74) is -0.0550. The van der Waals surface area contributed by atoms with Gasteiger partial charge in [0.1, 0.15) is 0 Å². The predicted molar refractivity (Wildman–Crippen MR) is 79.2 cm³/mol. The molecule has 3 nitrogen and oxygen atoms in total. The molecule has 0 aromatic carbocycles. The molecular weight excluding hydrogens is 312 g/mol. The van der Waals surface area contributed by atoms with Crippen molar-refractivity contribution in [3.05, 3.63) is 20.8 Å². The molecule has 1 aliphatic rings. The molecule has 2 heterocycles. The summed E-state index contributed by atoms with van der Waals surface area (Å²) >= 11 is 4.92. The van der Waals surface area contributed by atoms with Crippen LogP contribution in [0.1, 0.15) is 35.9 Å². The van der Waals surface area contributed by atoms with Gasteiger partial charge in [0, 0.05) is 22.9 Å². The SMILES string of the molecule is CNCC1(C)CCCCN1C(=O)c1cc(Br)cs1. The highest BCUT2D eigenvalue weighted by Gasteiger charge is 2.37. The van der Waals surface area contributed by atoms with Crippen LogP contribution < -0.4 is 5.32 Å². The molecule has 1 saturated heterocycles. The van der Waals surface area contributed by atoms with E-state index in [2.05, 4.69) is 28.2 Å². The van der Waals surface area contributed by atoms with Gasteiger partial charge < -0.3 is 10.2 Å². The van der Waals surface area contributed by atoms with Gasteiger partial charge in [0.2, 0.25) is 0 Å². The van der Waals surface area contributed by atoms with Crippen molar-refractivity contribution in [2.75, 3.05) is 20.1 Å². The highest BCUT2D eigenvalue weighted by molar-refractivity contribution is 9.10. The number of carbonyl (C=O) groups is 1. The van der Waals surface area contributed by atoms with E-state index in [1.165, 1.54) is 17.8 Å². The Labute approximate surface area is 121 Å². The maximum atomic E-state index is 12.6. The maximum Gasteiger partial charge on any atom is 0.264 e. The van der Waals surface area contributed by atoms with Gasteiger partial charge in [0.05, 0.1) is 10.4 Å². The fraction of sp³-hybridized carbons (Fsp3) is 0.615. The van der Waals surface area contributed by atoms with Gasteiger partial charge in [-0.1, -0.05) is 0 Å². The molecule has 1 aromatic rings. The zero-order chi connectivity index (χ0) is 13.2. The van der Waals surface area contributed by atoms with Crippen LogP contribution in [0, 0.1) is 0 Å². The molecule has 1 atom stereocenters. The highest BCUT2D eigenvalue weighted by atomic mass is 79.9. The number of carbonyl (C=O) groups excluding carboxylic acids is 1. The Hall–Kier alpha value is -0.390. The average Bonchev–Trinajstić information content (AvgIpc) is 2.76. The van der Waals surface area contributed by atoms with Crippen molar-refractivity contribution in [1.29, 1.82) is 0 Å². The summed E-state index contributed by atoms with van der Waals surface area (Å²) in [5, 5.41) is 5.18. The fourth-order valence-electron chi connectivity index (χ4n) is 2.65. The van der Waals surface area contributed by atoms with E-state index in [1.54, 1.807) is 0 Å². The predicted octanol–water partition coefficient (Wildman–Crippen LogP) is 3.11. The van der Waals surface area contributed by atoms with Gasteiger partial charge in [-0.15, -0.1) is 11.3 Å². The van der Waals surface area contributed by atoms with Gasteiger partial charge in [0.25, 0.3) is 5.91 Å². The van der Waals surface area contributed by atoms with Crippen molar-refractivity contribution in [3.8, 4) is 0 Å². The molecule has 100 valence electrons. The molecule has 1 aliphatic heterocycles. The normalized spacial score (nSPS) is 24.3. The first-order chi connectivity index (χ1) is 8.57. The molecule has 1 unspecified atom stereocenters. The first-order valence-electron chi connectivity index (χ1n) is 6.27. The number of likely N-dealkylation sites (tertiary alicyclic amines) is 1. The molecule has 1 N–H and O–H groups in total. The third-order valence-corrected chi connectivity index (χ3v) is 5.26. The van der Waals surface area contributed by atoms with Gasteiger partial charge in [-0.2, -0.15) is 0 Å². The standard InChI is InChI=1S/C13H19BrN2OS/c1-13(9-15-2)5-3-4-6-16(13)12(17)11-7-10(14)8-18-11/h7-8,15H,3-6,9H2,1-2H3. The summed E-state index contributed by atoms with van der Waals surface area (Å²) in [6.45, 7) is 3.90. The van der Waals surface area contributed by atoms with E-state index in [4.69, 9.17) is 0 Å². The van der Waals surface area contributed by atoms with Crippen LogP contribution >= 0.6 is 27.3 Å².